The van der Waals surface area contributed by atoms with Gasteiger partial charge in [-0.3, -0.25) is 9.69 Å². The molecule has 96 valence electrons. The monoisotopic (exact) mass is 227 g/mol. The maximum Gasteiger partial charge on any atom is 0.152 e. The lowest BCUT2D eigenvalue weighted by atomic mass is 9.90. The van der Waals surface area contributed by atoms with E-state index in [9.17, 15) is 4.79 Å². The third-order valence-corrected chi connectivity index (χ3v) is 2.96. The van der Waals surface area contributed by atoms with Gasteiger partial charge in [0.2, 0.25) is 0 Å². The van der Waals surface area contributed by atoms with Gasteiger partial charge >= 0.3 is 0 Å². The number of ketones is 1. The number of Topliss-reactive ketones (excluding diaryl/α,β-unsaturated/α-hetero) is 1. The Bertz CT molecular complexity index is 203. The molecule has 0 aliphatic heterocycles. The zero-order valence-electron chi connectivity index (χ0n) is 12.0. The summed E-state index contributed by atoms with van der Waals surface area (Å²) >= 11 is 0. The van der Waals surface area contributed by atoms with Crippen LogP contribution in [0.5, 0.6) is 0 Å². The zero-order valence-corrected chi connectivity index (χ0v) is 12.0. The largest absolute Gasteiger partial charge is 0.298 e. The molecule has 0 N–H and O–H groups in total. The molecule has 0 amide bonds. The van der Waals surface area contributed by atoms with E-state index in [4.69, 9.17) is 0 Å². The lowest BCUT2D eigenvalue weighted by Gasteiger charge is -2.28. The van der Waals surface area contributed by atoms with E-state index in [2.05, 4.69) is 25.7 Å². The van der Waals surface area contributed by atoms with Crippen LogP contribution in [0.3, 0.4) is 0 Å². The van der Waals surface area contributed by atoms with Gasteiger partial charge in [0.25, 0.3) is 0 Å². The van der Waals surface area contributed by atoms with E-state index in [1.165, 1.54) is 19.3 Å². The lowest BCUT2D eigenvalue weighted by Crippen LogP contribution is -2.40. The molecule has 0 aromatic carbocycles. The molecule has 0 rings (SSSR count). The van der Waals surface area contributed by atoms with Crippen LogP contribution >= 0.6 is 0 Å². The molecule has 2 nitrogen and oxygen atoms in total. The minimum Gasteiger partial charge on any atom is -0.298 e. The highest BCUT2D eigenvalue weighted by molar-refractivity contribution is 5.85. The number of rotatable bonds is 7. The summed E-state index contributed by atoms with van der Waals surface area (Å²) in [5.41, 5.74) is -0.210. The first-order valence-electron chi connectivity index (χ1n) is 6.56. The van der Waals surface area contributed by atoms with Gasteiger partial charge < -0.3 is 0 Å². The highest BCUT2D eigenvalue weighted by Gasteiger charge is 2.24. The maximum atomic E-state index is 12.0. The number of carbonyl (C=O) groups excluding carboxylic acids is 1. The Kier molecular flexibility index (Phi) is 6.89. The van der Waals surface area contributed by atoms with Gasteiger partial charge in [0, 0.05) is 11.5 Å². The molecule has 0 saturated heterocycles. The molecule has 16 heavy (non-hydrogen) atoms. The Morgan fingerprint density at radius 2 is 1.75 bits per heavy atom. The molecule has 0 aromatic heterocycles. The Hall–Kier alpha value is -0.370. The van der Waals surface area contributed by atoms with E-state index < -0.39 is 0 Å². The standard InChI is InChI=1S/C14H29NO/c1-7-8-9-10-15(12(2)3)11-13(16)14(4,5)6/h12H,7-11H2,1-6H3. The highest BCUT2D eigenvalue weighted by atomic mass is 16.1. The third-order valence-electron chi connectivity index (χ3n) is 2.96. The minimum absolute atomic E-state index is 0.210. The predicted molar refractivity (Wildman–Crippen MR) is 70.7 cm³/mol. The molecule has 0 unspecified atom stereocenters. The number of hydrogen-bond donors (Lipinski definition) is 0. The second-order valence-corrected chi connectivity index (χ2v) is 5.94. The van der Waals surface area contributed by atoms with Crippen molar-refractivity contribution in [3.63, 3.8) is 0 Å². The smallest absolute Gasteiger partial charge is 0.152 e. The first kappa shape index (κ1) is 15.6. The van der Waals surface area contributed by atoms with Crippen molar-refractivity contribution in [2.24, 2.45) is 5.41 Å². The van der Waals surface area contributed by atoms with E-state index in [0.717, 1.165) is 6.54 Å². The molecule has 0 spiro atoms. The predicted octanol–water partition coefficient (Wildman–Crippen LogP) is 3.50. The van der Waals surface area contributed by atoms with E-state index in [-0.39, 0.29) is 5.41 Å². The SMILES string of the molecule is CCCCCN(CC(=O)C(C)(C)C)C(C)C. The van der Waals surface area contributed by atoms with Gasteiger partial charge in [-0.2, -0.15) is 0 Å². The van der Waals surface area contributed by atoms with Crippen LogP contribution in [-0.4, -0.2) is 29.8 Å². The van der Waals surface area contributed by atoms with Crippen molar-refractivity contribution < 1.29 is 4.79 Å². The molecule has 0 aromatic rings. The van der Waals surface area contributed by atoms with Crippen LogP contribution in [0.25, 0.3) is 0 Å². The van der Waals surface area contributed by atoms with Gasteiger partial charge in [-0.25, -0.2) is 0 Å². The Morgan fingerprint density at radius 3 is 2.12 bits per heavy atom. The van der Waals surface area contributed by atoms with Crippen LogP contribution in [0.2, 0.25) is 0 Å². The van der Waals surface area contributed by atoms with Crippen molar-refractivity contribution >= 4 is 5.78 Å². The summed E-state index contributed by atoms with van der Waals surface area (Å²) in [6.07, 6.45) is 3.69. The van der Waals surface area contributed by atoms with Crippen molar-refractivity contribution in [2.75, 3.05) is 13.1 Å². The van der Waals surface area contributed by atoms with Crippen LogP contribution in [0.15, 0.2) is 0 Å². The van der Waals surface area contributed by atoms with Crippen molar-refractivity contribution in [2.45, 2.75) is 66.8 Å². The summed E-state index contributed by atoms with van der Waals surface area (Å²) in [5.74, 6) is 0.345. The number of hydrogen-bond acceptors (Lipinski definition) is 2. The molecule has 0 heterocycles. The van der Waals surface area contributed by atoms with Crippen molar-refractivity contribution in [1.82, 2.24) is 4.90 Å². The van der Waals surface area contributed by atoms with Gasteiger partial charge in [-0.15, -0.1) is 0 Å². The Morgan fingerprint density at radius 1 is 1.19 bits per heavy atom. The molecule has 0 aliphatic carbocycles. The second-order valence-electron chi connectivity index (χ2n) is 5.94. The summed E-state index contributed by atoms with van der Waals surface area (Å²) in [4.78, 5) is 14.3. The van der Waals surface area contributed by atoms with Crippen molar-refractivity contribution in [3.05, 3.63) is 0 Å². The highest BCUT2D eigenvalue weighted by Crippen LogP contribution is 2.16. The Labute approximate surface area is 101 Å². The van der Waals surface area contributed by atoms with Gasteiger partial charge in [-0.05, 0) is 26.8 Å². The summed E-state index contributed by atoms with van der Waals surface area (Å²) in [7, 11) is 0. The second kappa shape index (κ2) is 7.05. The van der Waals surface area contributed by atoms with E-state index >= 15 is 0 Å². The van der Waals surface area contributed by atoms with Gasteiger partial charge in [0.15, 0.2) is 5.78 Å². The first-order chi connectivity index (χ1) is 7.29. The Balaban J connectivity index is 4.18. The fourth-order valence-corrected chi connectivity index (χ4v) is 1.51. The molecule has 0 saturated carbocycles. The van der Waals surface area contributed by atoms with Crippen molar-refractivity contribution in [1.29, 1.82) is 0 Å². The van der Waals surface area contributed by atoms with Crippen molar-refractivity contribution in [3.8, 4) is 0 Å². The quantitative estimate of drug-likeness (QED) is 0.620. The van der Waals surface area contributed by atoms with Gasteiger partial charge in [-0.1, -0.05) is 40.5 Å². The van der Waals surface area contributed by atoms with E-state index in [1.807, 2.05) is 20.8 Å². The molecule has 0 fully saturated rings. The van der Waals surface area contributed by atoms with Crippen LogP contribution in [0.1, 0.15) is 60.8 Å². The third kappa shape index (κ3) is 6.26. The fraction of sp³-hybridized carbons (Fsp3) is 0.929. The summed E-state index contributed by atoms with van der Waals surface area (Å²) in [5, 5.41) is 0. The number of carbonyl (C=O) groups is 1. The molecule has 0 radical (unpaired) electrons. The van der Waals surface area contributed by atoms with Crippen LogP contribution in [-0.2, 0) is 4.79 Å². The molecule has 0 atom stereocenters. The molecule has 0 bridgehead atoms. The average Bonchev–Trinajstić information content (AvgIpc) is 2.14. The summed E-state index contributed by atoms with van der Waals surface area (Å²) < 4.78 is 0. The number of nitrogens with zero attached hydrogens (tertiary/aromatic N) is 1. The topological polar surface area (TPSA) is 20.3 Å². The summed E-state index contributed by atoms with van der Waals surface area (Å²) in [6.45, 7) is 14.2. The maximum absolute atomic E-state index is 12.0. The minimum atomic E-state index is -0.210. The van der Waals surface area contributed by atoms with Gasteiger partial charge in [0.05, 0.1) is 6.54 Å². The van der Waals surface area contributed by atoms with Gasteiger partial charge in [0.1, 0.15) is 0 Å². The molecule has 0 aliphatic rings. The zero-order chi connectivity index (χ0) is 12.8. The average molecular weight is 227 g/mol. The first-order valence-corrected chi connectivity index (χ1v) is 6.56. The molecular weight excluding hydrogens is 198 g/mol. The lowest BCUT2D eigenvalue weighted by molar-refractivity contribution is -0.127. The van der Waals surface area contributed by atoms with E-state index in [0.29, 0.717) is 18.4 Å². The van der Waals surface area contributed by atoms with Crippen LogP contribution in [0.4, 0.5) is 0 Å². The fourth-order valence-electron chi connectivity index (χ4n) is 1.51. The van der Waals surface area contributed by atoms with E-state index in [1.54, 1.807) is 0 Å². The van der Waals surface area contributed by atoms with Crippen LogP contribution in [0, 0.1) is 5.41 Å². The van der Waals surface area contributed by atoms with Crippen LogP contribution < -0.4 is 0 Å². The molecule has 2 heteroatoms. The summed E-state index contributed by atoms with van der Waals surface area (Å²) in [6, 6.07) is 0.461. The number of unbranched alkanes of at least 4 members (excludes halogenated alkanes) is 2. The normalized spacial score (nSPS) is 12.5. The molecular formula is C14H29NO.